The van der Waals surface area contributed by atoms with E-state index in [1.165, 1.54) is 44.1 Å². The molecule has 4 rings (SSSR count). The molecule has 0 radical (unpaired) electrons. The number of fused-ring (bicyclic) bond motifs is 5. The minimum atomic E-state index is 0.408. The van der Waals surface area contributed by atoms with Crippen molar-refractivity contribution < 1.29 is 0 Å². The molecule has 5 atom stereocenters. The molecule has 0 aliphatic heterocycles. The Morgan fingerprint density at radius 3 is 2.50 bits per heavy atom. The second kappa shape index (κ2) is 6.36. The lowest BCUT2D eigenvalue weighted by atomic mass is 9.48. The van der Waals surface area contributed by atoms with Crippen LogP contribution in [0.3, 0.4) is 0 Å². The molecule has 4 aliphatic rings. The summed E-state index contributed by atoms with van der Waals surface area (Å²) in [6.07, 6.45) is 17.8. The first kappa shape index (κ1) is 17.8. The molecule has 24 heavy (non-hydrogen) atoms. The second-order valence-electron chi connectivity index (χ2n) is 8.74. The molecule has 0 heterocycles. The third-order valence-electron chi connectivity index (χ3n) is 7.83. The van der Waals surface area contributed by atoms with Crippen LogP contribution in [-0.2, 0) is 0 Å². The van der Waals surface area contributed by atoms with Gasteiger partial charge in [0.15, 0.2) is 0 Å². The van der Waals surface area contributed by atoms with E-state index in [2.05, 4.69) is 51.7 Å². The smallest absolute Gasteiger partial charge is 0.00443 e. The van der Waals surface area contributed by atoms with Gasteiger partial charge in [0.25, 0.3) is 0 Å². The SMILES string of the molecule is C=CC1=CCC2C3CC=C4C=C(C)CCC4(C)C3CCC12C.CC. The van der Waals surface area contributed by atoms with Gasteiger partial charge in [-0.1, -0.05) is 64.2 Å². The van der Waals surface area contributed by atoms with Crippen molar-refractivity contribution in [2.45, 2.75) is 73.1 Å². The molecule has 0 spiro atoms. The number of allylic oxidation sites excluding steroid dienone is 7. The molecule has 1 saturated carbocycles. The van der Waals surface area contributed by atoms with Crippen molar-refractivity contribution in [2.75, 3.05) is 0 Å². The van der Waals surface area contributed by atoms with Crippen LogP contribution in [0.2, 0.25) is 0 Å². The standard InChI is InChI=1S/C22H30.C2H6/c1-5-16-7-9-19-18-8-6-17-14-15(2)10-12-22(17,4)20(18)11-13-21(16,19)3;1-2/h5-7,14,18-20H,1,8-13H2,2-4H3;1-2H3. The molecule has 0 aromatic heterocycles. The Balaban J connectivity index is 0.000000815. The summed E-state index contributed by atoms with van der Waals surface area (Å²) in [5.41, 5.74) is 5.64. The van der Waals surface area contributed by atoms with Crippen molar-refractivity contribution >= 4 is 0 Å². The monoisotopic (exact) mass is 324 g/mol. The highest BCUT2D eigenvalue weighted by molar-refractivity contribution is 5.39. The quantitative estimate of drug-likeness (QED) is 0.476. The highest BCUT2D eigenvalue weighted by Gasteiger charge is 2.55. The average molecular weight is 325 g/mol. The van der Waals surface area contributed by atoms with Crippen molar-refractivity contribution in [3.63, 3.8) is 0 Å². The number of hydrogen-bond acceptors (Lipinski definition) is 0. The molecule has 0 N–H and O–H groups in total. The molecule has 0 aromatic rings. The van der Waals surface area contributed by atoms with Gasteiger partial charge in [0.1, 0.15) is 0 Å². The lowest BCUT2D eigenvalue weighted by molar-refractivity contribution is -0.00837. The van der Waals surface area contributed by atoms with Crippen LogP contribution in [0.4, 0.5) is 0 Å². The zero-order valence-corrected chi connectivity index (χ0v) is 16.5. The van der Waals surface area contributed by atoms with E-state index in [0.717, 1.165) is 17.8 Å². The molecule has 0 saturated heterocycles. The minimum Gasteiger partial charge on any atom is -0.0988 e. The van der Waals surface area contributed by atoms with Gasteiger partial charge in [-0.3, -0.25) is 0 Å². The van der Waals surface area contributed by atoms with Gasteiger partial charge in [0, 0.05) is 0 Å². The molecule has 0 nitrogen and oxygen atoms in total. The van der Waals surface area contributed by atoms with Crippen molar-refractivity contribution in [3.8, 4) is 0 Å². The van der Waals surface area contributed by atoms with Gasteiger partial charge in [-0.2, -0.15) is 0 Å². The third kappa shape index (κ3) is 2.40. The predicted molar refractivity (Wildman–Crippen MR) is 106 cm³/mol. The van der Waals surface area contributed by atoms with Crippen LogP contribution >= 0.6 is 0 Å². The summed E-state index contributed by atoms with van der Waals surface area (Å²) in [6, 6.07) is 0. The fourth-order valence-electron chi connectivity index (χ4n) is 6.38. The van der Waals surface area contributed by atoms with Crippen LogP contribution in [0.1, 0.15) is 73.1 Å². The summed E-state index contributed by atoms with van der Waals surface area (Å²) in [4.78, 5) is 0. The van der Waals surface area contributed by atoms with Crippen LogP contribution in [0, 0.1) is 28.6 Å². The van der Waals surface area contributed by atoms with Gasteiger partial charge in [0.2, 0.25) is 0 Å². The first-order valence-electron chi connectivity index (χ1n) is 10.2. The largest absolute Gasteiger partial charge is 0.0988 e. The van der Waals surface area contributed by atoms with Crippen LogP contribution in [0.25, 0.3) is 0 Å². The van der Waals surface area contributed by atoms with E-state index in [-0.39, 0.29) is 0 Å². The van der Waals surface area contributed by atoms with Crippen molar-refractivity contribution in [3.05, 3.63) is 47.6 Å². The highest BCUT2D eigenvalue weighted by atomic mass is 14.6. The van der Waals surface area contributed by atoms with Gasteiger partial charge < -0.3 is 0 Å². The van der Waals surface area contributed by atoms with E-state index >= 15 is 0 Å². The molecule has 0 bridgehead atoms. The van der Waals surface area contributed by atoms with Crippen molar-refractivity contribution in [2.24, 2.45) is 28.6 Å². The second-order valence-corrected chi connectivity index (χ2v) is 8.74. The third-order valence-corrected chi connectivity index (χ3v) is 7.83. The van der Waals surface area contributed by atoms with E-state index in [9.17, 15) is 0 Å². The maximum absolute atomic E-state index is 4.08. The van der Waals surface area contributed by atoms with Crippen LogP contribution < -0.4 is 0 Å². The van der Waals surface area contributed by atoms with E-state index in [4.69, 9.17) is 0 Å². The maximum atomic E-state index is 4.08. The van der Waals surface area contributed by atoms with E-state index < -0.39 is 0 Å². The molecule has 0 heteroatoms. The van der Waals surface area contributed by atoms with Crippen LogP contribution in [-0.4, -0.2) is 0 Å². The first-order valence-corrected chi connectivity index (χ1v) is 10.2. The predicted octanol–water partition coefficient (Wildman–Crippen LogP) is 7.25. The lowest BCUT2D eigenvalue weighted by Gasteiger charge is -2.56. The molecule has 5 unspecified atom stereocenters. The normalized spacial score (nSPS) is 43.0. The summed E-state index contributed by atoms with van der Waals surface area (Å²) in [7, 11) is 0. The van der Waals surface area contributed by atoms with Crippen molar-refractivity contribution in [1.82, 2.24) is 0 Å². The van der Waals surface area contributed by atoms with Crippen LogP contribution in [0.15, 0.2) is 47.6 Å². The number of hydrogen-bond donors (Lipinski definition) is 0. The molecule has 4 aliphatic carbocycles. The molecule has 132 valence electrons. The van der Waals surface area contributed by atoms with Crippen LogP contribution in [0.5, 0.6) is 0 Å². The summed E-state index contributed by atoms with van der Waals surface area (Å²) in [6.45, 7) is 15.5. The van der Waals surface area contributed by atoms with Crippen molar-refractivity contribution in [1.29, 1.82) is 0 Å². The van der Waals surface area contributed by atoms with Gasteiger partial charge in [-0.05, 0) is 85.2 Å². The summed E-state index contributed by atoms with van der Waals surface area (Å²) < 4.78 is 0. The van der Waals surface area contributed by atoms with Gasteiger partial charge >= 0.3 is 0 Å². The molecular formula is C24H36. The Morgan fingerprint density at radius 2 is 1.79 bits per heavy atom. The summed E-state index contributed by atoms with van der Waals surface area (Å²) >= 11 is 0. The fraction of sp³-hybridized carbons (Fsp3) is 0.667. The van der Waals surface area contributed by atoms with Gasteiger partial charge in [0.05, 0.1) is 0 Å². The summed E-state index contributed by atoms with van der Waals surface area (Å²) in [5, 5.41) is 0. The fourth-order valence-corrected chi connectivity index (χ4v) is 6.38. The molecule has 1 fully saturated rings. The van der Waals surface area contributed by atoms with E-state index in [1.54, 1.807) is 11.1 Å². The minimum absolute atomic E-state index is 0.408. The maximum Gasteiger partial charge on any atom is -0.00443 e. The van der Waals surface area contributed by atoms with Gasteiger partial charge in [-0.15, -0.1) is 0 Å². The topological polar surface area (TPSA) is 0 Å². The van der Waals surface area contributed by atoms with E-state index in [1.807, 2.05) is 13.8 Å². The molecule has 0 amide bonds. The Morgan fingerprint density at radius 1 is 1.04 bits per heavy atom. The molecule has 0 aromatic carbocycles. The zero-order valence-electron chi connectivity index (χ0n) is 16.5. The Kier molecular flexibility index (Phi) is 4.71. The van der Waals surface area contributed by atoms with Gasteiger partial charge in [-0.25, -0.2) is 0 Å². The number of rotatable bonds is 1. The Bertz CT molecular complexity index is 602. The Labute approximate surface area is 149 Å². The molecular weight excluding hydrogens is 288 g/mol. The summed E-state index contributed by atoms with van der Waals surface area (Å²) in [5.74, 6) is 2.63. The zero-order chi connectivity index (χ0) is 17.5. The van der Waals surface area contributed by atoms with E-state index in [0.29, 0.717) is 10.8 Å². The highest BCUT2D eigenvalue weighted by Crippen LogP contribution is 2.64. The Hall–Kier alpha value is -1.04. The average Bonchev–Trinajstić information content (AvgIpc) is 2.93. The lowest BCUT2D eigenvalue weighted by Crippen LogP contribution is -2.48. The first-order chi connectivity index (χ1) is 11.5.